The maximum atomic E-state index is 14.0. The maximum absolute atomic E-state index is 14.0. The van der Waals surface area contributed by atoms with Crippen LogP contribution >= 0.6 is 36.3 Å². The standard InChI is InChI=1S/C25H25F2N5OS.2ClH/c1-29-8-13-32-21-14-16(26)2-4-18(21)19(23(32)25(29)33)6-7-30-9-11-31(12-10-30)24-20-5-3-17(27)15-22(20)34-28-24;;/h2-5,14-15H,6-13H2,1H3;2*1H. The molecule has 6 rings (SSSR count). The summed E-state index contributed by atoms with van der Waals surface area (Å²) in [5.74, 6) is 0.428. The molecule has 2 aliphatic rings. The van der Waals surface area contributed by atoms with Crippen molar-refractivity contribution in [3.63, 3.8) is 0 Å². The zero-order valence-corrected chi connectivity index (χ0v) is 22.2. The lowest BCUT2D eigenvalue weighted by molar-refractivity contribution is 0.0749. The highest BCUT2D eigenvalue weighted by Crippen LogP contribution is 2.32. The van der Waals surface area contributed by atoms with E-state index in [1.807, 2.05) is 23.7 Å². The van der Waals surface area contributed by atoms with Gasteiger partial charge in [-0.3, -0.25) is 9.69 Å². The Bertz CT molecular complexity index is 1420. The second-order valence-electron chi connectivity index (χ2n) is 9.09. The highest BCUT2D eigenvalue weighted by Gasteiger charge is 2.29. The molecule has 11 heteroatoms. The van der Waals surface area contributed by atoms with Crippen molar-refractivity contribution in [3.8, 4) is 0 Å². The van der Waals surface area contributed by atoms with E-state index >= 15 is 0 Å². The van der Waals surface area contributed by atoms with Gasteiger partial charge in [0.25, 0.3) is 5.91 Å². The van der Waals surface area contributed by atoms with Crippen LogP contribution in [0.4, 0.5) is 14.6 Å². The second kappa shape index (κ2) is 10.5. The highest BCUT2D eigenvalue weighted by atomic mass is 35.5. The third kappa shape index (κ3) is 4.53. The van der Waals surface area contributed by atoms with Crippen LogP contribution in [0, 0.1) is 11.6 Å². The van der Waals surface area contributed by atoms with Crippen molar-refractivity contribution in [3.05, 3.63) is 59.3 Å². The first-order valence-electron chi connectivity index (χ1n) is 11.6. The van der Waals surface area contributed by atoms with Gasteiger partial charge in [0.05, 0.1) is 10.2 Å². The fourth-order valence-corrected chi connectivity index (χ4v) is 6.06. The molecule has 0 N–H and O–H groups in total. The van der Waals surface area contributed by atoms with Gasteiger partial charge in [0.1, 0.15) is 23.1 Å². The number of benzene rings is 2. The van der Waals surface area contributed by atoms with Gasteiger partial charge in [-0.2, -0.15) is 4.37 Å². The molecule has 4 heterocycles. The van der Waals surface area contributed by atoms with Gasteiger partial charge in [0, 0.05) is 63.6 Å². The number of anilines is 1. The molecule has 4 aromatic rings. The second-order valence-corrected chi connectivity index (χ2v) is 9.90. The topological polar surface area (TPSA) is 44.6 Å². The number of amides is 1. The summed E-state index contributed by atoms with van der Waals surface area (Å²) in [5, 5.41) is 1.97. The molecular weight excluding hydrogens is 527 g/mol. The molecule has 6 nitrogen and oxygen atoms in total. The third-order valence-corrected chi connectivity index (χ3v) is 7.90. The fourth-order valence-electron chi connectivity index (χ4n) is 5.24. The molecule has 1 amide bonds. The van der Waals surface area contributed by atoms with Crippen molar-refractivity contribution in [2.75, 3.05) is 51.2 Å². The van der Waals surface area contributed by atoms with Gasteiger partial charge in [0.2, 0.25) is 0 Å². The van der Waals surface area contributed by atoms with Crippen molar-refractivity contribution < 1.29 is 13.6 Å². The average Bonchev–Trinajstić information content (AvgIpc) is 3.39. The molecule has 1 fully saturated rings. The van der Waals surface area contributed by atoms with E-state index in [2.05, 4.69) is 14.2 Å². The van der Waals surface area contributed by atoms with E-state index < -0.39 is 0 Å². The monoisotopic (exact) mass is 553 g/mol. The summed E-state index contributed by atoms with van der Waals surface area (Å²) in [6, 6.07) is 9.68. The number of nitrogens with zero attached hydrogens (tertiary/aromatic N) is 5. The van der Waals surface area contributed by atoms with Crippen LogP contribution in [0.15, 0.2) is 36.4 Å². The first-order chi connectivity index (χ1) is 16.5. The summed E-state index contributed by atoms with van der Waals surface area (Å²) in [4.78, 5) is 19.4. The molecule has 0 unspecified atom stereocenters. The van der Waals surface area contributed by atoms with E-state index in [1.54, 1.807) is 17.0 Å². The minimum atomic E-state index is -0.279. The fraction of sp³-hybridized carbons (Fsp3) is 0.360. The van der Waals surface area contributed by atoms with Crippen LogP contribution in [-0.2, 0) is 13.0 Å². The lowest BCUT2D eigenvalue weighted by atomic mass is 10.1. The van der Waals surface area contributed by atoms with Crippen LogP contribution in [0.25, 0.3) is 21.0 Å². The molecule has 0 bridgehead atoms. The van der Waals surface area contributed by atoms with Crippen molar-refractivity contribution in [2.45, 2.75) is 13.0 Å². The number of carbonyl (C=O) groups is 1. The summed E-state index contributed by atoms with van der Waals surface area (Å²) in [6.07, 6.45) is 0.739. The van der Waals surface area contributed by atoms with Gasteiger partial charge < -0.3 is 14.4 Å². The molecule has 2 aromatic heterocycles. The molecular formula is C25H27Cl2F2N5OS. The summed E-state index contributed by atoms with van der Waals surface area (Å²) < 4.78 is 35.0. The first-order valence-corrected chi connectivity index (χ1v) is 12.4. The largest absolute Gasteiger partial charge is 0.353 e. The first kappa shape index (κ1) is 26.6. The van der Waals surface area contributed by atoms with Gasteiger partial charge in [-0.05, 0) is 59.9 Å². The number of fused-ring (bicyclic) bond motifs is 4. The average molecular weight is 554 g/mol. The lowest BCUT2D eigenvalue weighted by Crippen LogP contribution is -2.47. The minimum Gasteiger partial charge on any atom is -0.353 e. The number of hydrogen-bond donors (Lipinski definition) is 0. The molecule has 1 saturated heterocycles. The number of carbonyl (C=O) groups excluding carboxylic acids is 1. The van der Waals surface area contributed by atoms with Crippen LogP contribution in [0.3, 0.4) is 0 Å². The Hall–Kier alpha value is -2.46. The number of hydrogen-bond acceptors (Lipinski definition) is 5. The Labute approximate surface area is 224 Å². The van der Waals surface area contributed by atoms with Crippen molar-refractivity contribution >= 4 is 69.1 Å². The van der Waals surface area contributed by atoms with Crippen LogP contribution in [0.1, 0.15) is 16.1 Å². The summed E-state index contributed by atoms with van der Waals surface area (Å²) >= 11 is 1.34. The molecule has 0 atom stereocenters. The van der Waals surface area contributed by atoms with Gasteiger partial charge in [0.15, 0.2) is 0 Å². The maximum Gasteiger partial charge on any atom is 0.270 e. The van der Waals surface area contributed by atoms with Crippen molar-refractivity contribution in [1.29, 1.82) is 0 Å². The quantitative estimate of drug-likeness (QED) is 0.363. The van der Waals surface area contributed by atoms with Gasteiger partial charge in [-0.1, -0.05) is 0 Å². The van der Waals surface area contributed by atoms with Crippen LogP contribution < -0.4 is 4.90 Å². The SMILES string of the molecule is CN1CCn2c(c(CCN3CCN(c4nsc5cc(F)ccc45)CC3)c3ccc(F)cc32)C1=O.Cl.Cl. The van der Waals surface area contributed by atoms with E-state index in [1.165, 1.54) is 23.7 Å². The van der Waals surface area contributed by atoms with Crippen LogP contribution in [0.2, 0.25) is 0 Å². The van der Waals surface area contributed by atoms with E-state index in [0.717, 1.165) is 71.5 Å². The Morgan fingerprint density at radius 3 is 2.36 bits per heavy atom. The Morgan fingerprint density at radius 2 is 1.61 bits per heavy atom. The summed E-state index contributed by atoms with van der Waals surface area (Å²) in [7, 11) is 1.82. The lowest BCUT2D eigenvalue weighted by Gasteiger charge is -2.35. The third-order valence-electron chi connectivity index (χ3n) is 7.10. The molecule has 36 heavy (non-hydrogen) atoms. The smallest absolute Gasteiger partial charge is 0.270 e. The molecule has 0 spiro atoms. The van der Waals surface area contributed by atoms with Crippen molar-refractivity contribution in [1.82, 2.24) is 18.7 Å². The van der Waals surface area contributed by atoms with E-state index in [4.69, 9.17) is 0 Å². The van der Waals surface area contributed by atoms with E-state index in [-0.39, 0.29) is 42.4 Å². The normalized spacial score (nSPS) is 16.2. The summed E-state index contributed by atoms with van der Waals surface area (Å²) in [5.41, 5.74) is 2.53. The zero-order chi connectivity index (χ0) is 23.4. The minimum absolute atomic E-state index is 0. The van der Waals surface area contributed by atoms with E-state index in [9.17, 15) is 13.6 Å². The molecule has 192 valence electrons. The number of aromatic nitrogens is 2. The molecule has 0 radical (unpaired) electrons. The summed E-state index contributed by atoms with van der Waals surface area (Å²) in [6.45, 7) is 5.60. The van der Waals surface area contributed by atoms with Gasteiger partial charge >= 0.3 is 0 Å². The van der Waals surface area contributed by atoms with Crippen LogP contribution in [0.5, 0.6) is 0 Å². The highest BCUT2D eigenvalue weighted by molar-refractivity contribution is 7.13. The van der Waals surface area contributed by atoms with Gasteiger partial charge in [-0.25, -0.2) is 8.78 Å². The van der Waals surface area contributed by atoms with E-state index in [0.29, 0.717) is 18.8 Å². The molecule has 2 aromatic carbocycles. The predicted molar refractivity (Wildman–Crippen MR) is 145 cm³/mol. The number of rotatable bonds is 4. The molecule has 2 aliphatic heterocycles. The Morgan fingerprint density at radius 1 is 0.917 bits per heavy atom. The number of likely N-dealkylation sites (N-methyl/N-ethyl adjacent to an activating group) is 1. The van der Waals surface area contributed by atoms with Gasteiger partial charge in [-0.15, -0.1) is 24.8 Å². The Balaban J connectivity index is 0.00000152. The van der Waals surface area contributed by atoms with Crippen molar-refractivity contribution in [2.24, 2.45) is 0 Å². The number of halogens is 4. The Kier molecular flexibility index (Phi) is 7.75. The van der Waals surface area contributed by atoms with Crippen LogP contribution in [-0.4, -0.2) is 71.0 Å². The zero-order valence-electron chi connectivity index (χ0n) is 19.7. The molecule has 0 saturated carbocycles. The molecule has 0 aliphatic carbocycles. The predicted octanol–water partition coefficient (Wildman–Crippen LogP) is 4.82. The number of piperazine rings is 1.